The molecule has 12 heteroatoms. The van der Waals surface area contributed by atoms with Crippen LogP contribution in [0.25, 0.3) is 0 Å². The second-order valence-electron chi connectivity index (χ2n) is 14.8. The summed E-state index contributed by atoms with van der Waals surface area (Å²) in [5.41, 5.74) is 3.36. The van der Waals surface area contributed by atoms with Crippen LogP contribution in [0, 0.1) is 23.6 Å². The number of rotatable bonds is 21. The van der Waals surface area contributed by atoms with E-state index >= 15 is 0 Å². The highest BCUT2D eigenvalue weighted by molar-refractivity contribution is 6.03. The van der Waals surface area contributed by atoms with Crippen LogP contribution in [0.5, 0.6) is 11.5 Å². The summed E-state index contributed by atoms with van der Waals surface area (Å²) in [4.78, 5) is 24.0. The maximum atomic E-state index is 14.2. The number of fused-ring (bicyclic) bond motifs is 2. The lowest BCUT2D eigenvalue weighted by atomic mass is 9.55. The fraction of sp³-hybridized carbons (Fsp3) is 0.581. The molecule has 0 unspecified atom stereocenters. The lowest BCUT2D eigenvalue weighted by molar-refractivity contribution is -0.256. The van der Waals surface area contributed by atoms with Crippen LogP contribution >= 0.6 is 0 Å². The molecule has 1 saturated carbocycles. The van der Waals surface area contributed by atoms with E-state index in [-0.39, 0.29) is 63.0 Å². The van der Waals surface area contributed by atoms with Gasteiger partial charge in [-0.05, 0) is 92.8 Å². The number of unbranched alkanes of at least 4 members (excludes halogenated alkanes) is 2. The molecule has 0 bridgehead atoms. The van der Waals surface area contributed by atoms with E-state index in [1.165, 1.54) is 12.1 Å². The molecule has 11 nitrogen and oxygen atoms in total. The molecule has 2 aliphatic heterocycles. The van der Waals surface area contributed by atoms with Crippen molar-refractivity contribution in [1.29, 1.82) is 0 Å². The van der Waals surface area contributed by atoms with Crippen LogP contribution in [0.2, 0.25) is 0 Å². The van der Waals surface area contributed by atoms with Crippen LogP contribution in [0.4, 0.5) is 9.18 Å². The third kappa shape index (κ3) is 9.36. The minimum Gasteiger partial charge on any atom is -0.492 e. The average Bonchev–Trinajstić information content (AvgIpc) is 4.02. The number of nitrogens with zero attached hydrogens (tertiary/aromatic N) is 3. The maximum Gasteiger partial charge on any atom is 0.410 e. The van der Waals surface area contributed by atoms with Crippen molar-refractivity contribution in [3.8, 4) is 11.5 Å². The minimum absolute atomic E-state index is 0.0846. The molecule has 2 heterocycles. The summed E-state index contributed by atoms with van der Waals surface area (Å²) in [6.07, 6.45) is 8.38. The predicted molar refractivity (Wildman–Crippen MR) is 207 cm³/mol. The largest absolute Gasteiger partial charge is 0.492 e. The number of amides is 1. The van der Waals surface area contributed by atoms with E-state index in [2.05, 4.69) is 23.6 Å². The smallest absolute Gasteiger partial charge is 0.410 e. The third-order valence-corrected chi connectivity index (χ3v) is 11.3. The first kappa shape index (κ1) is 40.7. The van der Waals surface area contributed by atoms with E-state index in [1.54, 1.807) is 30.0 Å². The van der Waals surface area contributed by atoms with Crippen molar-refractivity contribution in [3.05, 3.63) is 83.7 Å². The Morgan fingerprint density at radius 3 is 2.53 bits per heavy atom. The Kier molecular flexibility index (Phi) is 14.2. The highest BCUT2D eigenvalue weighted by Crippen LogP contribution is 2.62. The number of oxime groups is 1. The summed E-state index contributed by atoms with van der Waals surface area (Å²) in [6, 6.07) is 11.3. The number of allylic oxidation sites excluding steroid dienone is 1. The number of aliphatic hydroxyl groups excluding tert-OH is 2. The molecule has 6 rings (SSSR count). The summed E-state index contributed by atoms with van der Waals surface area (Å²) in [7, 11) is 0. The van der Waals surface area contributed by atoms with E-state index in [1.807, 2.05) is 19.1 Å². The van der Waals surface area contributed by atoms with Crippen molar-refractivity contribution in [3.63, 3.8) is 0 Å². The highest BCUT2D eigenvalue weighted by Gasteiger charge is 2.65. The number of carbonyl (C=O) groups excluding carboxylic acids is 1. The topological polar surface area (TPSA) is 122 Å². The van der Waals surface area contributed by atoms with Gasteiger partial charge in [-0.25, -0.2) is 9.18 Å². The van der Waals surface area contributed by atoms with Crippen LogP contribution in [0.15, 0.2) is 71.9 Å². The average molecular weight is 764 g/mol. The maximum absolute atomic E-state index is 14.2. The van der Waals surface area contributed by atoms with Crippen molar-refractivity contribution in [2.24, 2.45) is 22.9 Å². The van der Waals surface area contributed by atoms with Gasteiger partial charge in [-0.15, -0.1) is 6.58 Å². The monoisotopic (exact) mass is 763 g/mol. The number of hydrogen-bond donors (Lipinski definition) is 2. The summed E-state index contributed by atoms with van der Waals surface area (Å²) >= 11 is 0. The zero-order valence-electron chi connectivity index (χ0n) is 32.4. The summed E-state index contributed by atoms with van der Waals surface area (Å²) < 4.78 is 40.4. The lowest BCUT2D eigenvalue weighted by Gasteiger charge is -2.59. The summed E-state index contributed by atoms with van der Waals surface area (Å²) in [5.74, 6) is -0.833. The van der Waals surface area contributed by atoms with E-state index in [0.717, 1.165) is 62.2 Å². The second kappa shape index (κ2) is 19.3. The summed E-state index contributed by atoms with van der Waals surface area (Å²) in [5, 5.41) is 24.4. The quantitative estimate of drug-likeness (QED) is 0.0610. The molecule has 6 atom stereocenters. The molecule has 2 fully saturated rings. The second-order valence-corrected chi connectivity index (χ2v) is 14.8. The van der Waals surface area contributed by atoms with Crippen LogP contribution in [-0.2, 0) is 20.9 Å². The van der Waals surface area contributed by atoms with Gasteiger partial charge in [0, 0.05) is 57.3 Å². The molecule has 2 aromatic rings. The van der Waals surface area contributed by atoms with Crippen molar-refractivity contribution in [2.45, 2.75) is 83.1 Å². The normalized spacial score (nSPS) is 25.9. The van der Waals surface area contributed by atoms with Crippen molar-refractivity contribution in [1.82, 2.24) is 9.80 Å². The predicted octanol–water partition coefficient (Wildman–Crippen LogP) is 6.83. The van der Waals surface area contributed by atoms with E-state index in [9.17, 15) is 19.4 Å². The molecule has 2 aliphatic carbocycles. The molecule has 4 aliphatic rings. The fourth-order valence-electron chi connectivity index (χ4n) is 8.76. The van der Waals surface area contributed by atoms with Crippen molar-refractivity contribution >= 4 is 11.8 Å². The van der Waals surface area contributed by atoms with Gasteiger partial charge in [0.2, 0.25) is 5.79 Å². The molecule has 300 valence electrons. The van der Waals surface area contributed by atoms with Gasteiger partial charge in [-0.3, -0.25) is 9.80 Å². The van der Waals surface area contributed by atoms with Crippen LogP contribution in [-0.4, -0.2) is 103 Å². The Morgan fingerprint density at radius 2 is 1.84 bits per heavy atom. The molecule has 1 saturated heterocycles. The standard InChI is InChI=1S/C43H58FN3O8/c1-4-24-53-43-39(47(42(50)51-5-2)29-30-13-15-32(44)16-14-30)28-37(45-54-6-3)35-26-31(11-7-9-22-48)34(12-8-10-23-49)40(41(35)43)36-27-33(17-18-38(36)55-43)52-25-21-46-19-20-46/h4,13-18,26-27,31,34,39-41,48-49H,1,5-12,19-25,28-29H2,2-3H3/t31-,34+,39-,40+,41+,43+/m0/s1. The first-order valence-corrected chi connectivity index (χ1v) is 20.1. The number of hydrogen-bond acceptors (Lipinski definition) is 10. The van der Waals surface area contributed by atoms with Gasteiger partial charge in [0.25, 0.3) is 0 Å². The van der Waals surface area contributed by atoms with Crippen LogP contribution in [0.1, 0.15) is 75.8 Å². The molecule has 55 heavy (non-hydrogen) atoms. The molecular weight excluding hydrogens is 705 g/mol. The molecule has 2 aromatic carbocycles. The zero-order chi connectivity index (χ0) is 38.8. The number of ether oxygens (including phenoxy) is 4. The lowest BCUT2D eigenvalue weighted by Crippen LogP contribution is -2.70. The Labute approximate surface area is 324 Å². The molecular formula is C43H58FN3O8. The Balaban J connectivity index is 1.56. The molecule has 0 radical (unpaired) electrons. The number of halogens is 1. The number of carbonyl (C=O) groups is 1. The van der Waals surface area contributed by atoms with Gasteiger partial charge in [0.05, 0.1) is 24.8 Å². The fourth-order valence-corrected chi connectivity index (χ4v) is 8.76. The molecule has 1 amide bonds. The summed E-state index contributed by atoms with van der Waals surface area (Å²) in [6.45, 7) is 12.2. The molecule has 0 spiro atoms. The number of aliphatic hydroxyl groups is 2. The van der Waals surface area contributed by atoms with Crippen molar-refractivity contribution < 1.29 is 43.2 Å². The Hall–Kier alpha value is -3.97. The van der Waals surface area contributed by atoms with Gasteiger partial charge >= 0.3 is 6.09 Å². The first-order valence-electron chi connectivity index (χ1n) is 20.1. The zero-order valence-corrected chi connectivity index (χ0v) is 32.4. The van der Waals surface area contributed by atoms with E-state index in [4.69, 9.17) is 28.9 Å². The minimum atomic E-state index is -1.43. The van der Waals surface area contributed by atoms with Crippen molar-refractivity contribution in [2.75, 3.05) is 59.3 Å². The number of benzene rings is 2. The third-order valence-electron chi connectivity index (χ3n) is 11.3. The van der Waals surface area contributed by atoms with Crippen LogP contribution < -0.4 is 9.47 Å². The molecule has 2 N–H and O–H groups in total. The van der Waals surface area contributed by atoms with Gasteiger partial charge in [0.15, 0.2) is 0 Å². The van der Waals surface area contributed by atoms with E-state index < -0.39 is 23.8 Å². The van der Waals surface area contributed by atoms with Gasteiger partial charge in [-0.2, -0.15) is 0 Å². The highest BCUT2D eigenvalue weighted by atomic mass is 19.1. The van der Waals surface area contributed by atoms with Gasteiger partial charge < -0.3 is 34.0 Å². The van der Waals surface area contributed by atoms with E-state index in [0.29, 0.717) is 43.1 Å². The first-order chi connectivity index (χ1) is 26.9. The van der Waals surface area contributed by atoms with Gasteiger partial charge in [0.1, 0.15) is 36.6 Å². The van der Waals surface area contributed by atoms with Gasteiger partial charge in [-0.1, -0.05) is 42.3 Å². The molecule has 0 aromatic heterocycles. The van der Waals surface area contributed by atoms with Crippen LogP contribution in [0.3, 0.4) is 0 Å². The Morgan fingerprint density at radius 1 is 1.07 bits per heavy atom. The Bertz CT molecular complexity index is 1650. The SMILES string of the molecule is C=CCO[C@@]12Oc3ccc(OCCN4CC4)cc3[C@H]3[C@H](CCCCO)[C@@H](CCCCO)C=C(C(=NOCC)C[C@@H]1N(Cc1ccc(F)cc1)C(=O)OCC)[C@H]32.